The summed E-state index contributed by atoms with van der Waals surface area (Å²) in [6.45, 7) is 6.76. The number of aromatic nitrogens is 2. The van der Waals surface area contributed by atoms with Gasteiger partial charge in [0, 0.05) is 24.1 Å². The first-order valence-electron chi connectivity index (χ1n) is 6.61. The van der Waals surface area contributed by atoms with E-state index in [-0.39, 0.29) is 0 Å². The Kier molecular flexibility index (Phi) is 5.76. The molecule has 20 heavy (non-hydrogen) atoms. The summed E-state index contributed by atoms with van der Waals surface area (Å²) < 4.78 is 5.35. The molecule has 0 spiro atoms. The number of nitrogens with zero attached hydrogens (tertiary/aromatic N) is 3. The Hall–Kier alpha value is -1.17. The van der Waals surface area contributed by atoms with Crippen molar-refractivity contribution in [3.05, 3.63) is 39.4 Å². The van der Waals surface area contributed by atoms with Crippen LogP contribution in [0.3, 0.4) is 0 Å². The van der Waals surface area contributed by atoms with E-state index in [0.29, 0.717) is 24.2 Å². The lowest BCUT2D eigenvalue weighted by atomic mass is 10.4. The molecular weight excluding hydrogens is 294 g/mol. The van der Waals surface area contributed by atoms with Crippen molar-refractivity contribution in [2.75, 3.05) is 18.1 Å². The number of thiophene rings is 1. The smallest absolute Gasteiger partial charge is 0.158 e. The van der Waals surface area contributed by atoms with Crippen LogP contribution in [-0.2, 0) is 17.9 Å². The second kappa shape index (κ2) is 7.57. The third-order valence-electron chi connectivity index (χ3n) is 2.80. The highest BCUT2D eigenvalue weighted by molar-refractivity contribution is 7.09. The zero-order valence-corrected chi connectivity index (χ0v) is 13.2. The standard InChI is InChI=1S/C14H18ClN3OS/c1-3-18(9-11-6-5-7-20-11)14-8-12(15)16-13(17-14)10-19-4-2/h5-8H,3-4,9-10H2,1-2H3. The Morgan fingerprint density at radius 1 is 1.35 bits per heavy atom. The number of hydrogen-bond donors (Lipinski definition) is 0. The third kappa shape index (κ3) is 4.16. The zero-order chi connectivity index (χ0) is 14.4. The van der Waals surface area contributed by atoms with Crippen LogP contribution in [0, 0.1) is 0 Å². The molecule has 108 valence electrons. The second-order valence-electron chi connectivity index (χ2n) is 4.20. The molecular formula is C14H18ClN3OS. The Balaban J connectivity index is 2.17. The molecule has 4 nitrogen and oxygen atoms in total. The van der Waals surface area contributed by atoms with Crippen molar-refractivity contribution in [2.24, 2.45) is 0 Å². The molecule has 0 aliphatic rings. The molecule has 0 amide bonds. The van der Waals surface area contributed by atoms with Gasteiger partial charge in [0.1, 0.15) is 17.6 Å². The molecule has 0 unspecified atom stereocenters. The topological polar surface area (TPSA) is 38.2 Å². The Labute approximate surface area is 128 Å². The molecule has 2 heterocycles. The van der Waals surface area contributed by atoms with E-state index in [4.69, 9.17) is 16.3 Å². The minimum absolute atomic E-state index is 0.390. The van der Waals surface area contributed by atoms with Gasteiger partial charge in [-0.15, -0.1) is 11.3 Å². The maximum Gasteiger partial charge on any atom is 0.158 e. The Morgan fingerprint density at radius 2 is 2.20 bits per heavy atom. The van der Waals surface area contributed by atoms with E-state index in [0.717, 1.165) is 18.9 Å². The van der Waals surface area contributed by atoms with Crippen LogP contribution in [0.5, 0.6) is 0 Å². The number of rotatable bonds is 7. The van der Waals surface area contributed by atoms with Crippen molar-refractivity contribution < 1.29 is 4.74 Å². The molecule has 0 aliphatic heterocycles. The van der Waals surface area contributed by atoms with E-state index in [1.165, 1.54) is 4.88 Å². The lowest BCUT2D eigenvalue weighted by molar-refractivity contribution is 0.128. The van der Waals surface area contributed by atoms with Gasteiger partial charge < -0.3 is 9.64 Å². The molecule has 0 radical (unpaired) electrons. The molecule has 6 heteroatoms. The molecule has 2 rings (SSSR count). The van der Waals surface area contributed by atoms with Gasteiger partial charge in [-0.3, -0.25) is 0 Å². The van der Waals surface area contributed by atoms with Crippen LogP contribution in [0.1, 0.15) is 24.5 Å². The van der Waals surface area contributed by atoms with Gasteiger partial charge in [-0.05, 0) is 25.3 Å². The lowest BCUT2D eigenvalue weighted by Crippen LogP contribution is -2.23. The van der Waals surface area contributed by atoms with Crippen LogP contribution in [0.4, 0.5) is 5.82 Å². The summed E-state index contributed by atoms with van der Waals surface area (Å²) in [5.74, 6) is 1.47. The van der Waals surface area contributed by atoms with E-state index in [1.54, 1.807) is 17.4 Å². The summed E-state index contributed by atoms with van der Waals surface area (Å²) in [5, 5.41) is 2.53. The molecule has 0 saturated carbocycles. The molecule has 0 fully saturated rings. The van der Waals surface area contributed by atoms with Crippen molar-refractivity contribution in [3.8, 4) is 0 Å². The molecule has 0 N–H and O–H groups in total. The van der Waals surface area contributed by atoms with E-state index in [2.05, 4.69) is 39.3 Å². The molecule has 0 aliphatic carbocycles. The van der Waals surface area contributed by atoms with Crippen molar-refractivity contribution in [1.82, 2.24) is 9.97 Å². The average Bonchev–Trinajstić information content (AvgIpc) is 2.95. The Bertz CT molecular complexity index is 533. The normalized spacial score (nSPS) is 10.8. The summed E-state index contributed by atoms with van der Waals surface area (Å²) in [6.07, 6.45) is 0. The number of ether oxygens (including phenoxy) is 1. The van der Waals surface area contributed by atoms with Crippen LogP contribution < -0.4 is 4.90 Å². The first-order valence-corrected chi connectivity index (χ1v) is 7.87. The van der Waals surface area contributed by atoms with Crippen molar-refractivity contribution in [2.45, 2.75) is 27.0 Å². The highest BCUT2D eigenvalue weighted by Gasteiger charge is 2.11. The predicted molar refractivity (Wildman–Crippen MR) is 83.4 cm³/mol. The first kappa shape index (κ1) is 15.2. The zero-order valence-electron chi connectivity index (χ0n) is 11.7. The molecule has 0 atom stereocenters. The first-order chi connectivity index (χ1) is 9.72. The van der Waals surface area contributed by atoms with Crippen molar-refractivity contribution in [3.63, 3.8) is 0 Å². The predicted octanol–water partition coefficient (Wildman–Crippen LogP) is 3.75. The minimum atomic E-state index is 0.390. The van der Waals surface area contributed by atoms with Crippen LogP contribution in [0.25, 0.3) is 0 Å². The van der Waals surface area contributed by atoms with Gasteiger partial charge in [0.25, 0.3) is 0 Å². The van der Waals surface area contributed by atoms with Gasteiger partial charge in [-0.25, -0.2) is 9.97 Å². The molecule has 0 bridgehead atoms. The van der Waals surface area contributed by atoms with E-state index in [1.807, 2.05) is 6.92 Å². The van der Waals surface area contributed by atoms with Crippen LogP contribution in [-0.4, -0.2) is 23.1 Å². The monoisotopic (exact) mass is 311 g/mol. The largest absolute Gasteiger partial charge is 0.374 e. The molecule has 0 saturated heterocycles. The number of hydrogen-bond acceptors (Lipinski definition) is 5. The SMILES string of the molecule is CCOCc1nc(Cl)cc(N(CC)Cc2cccs2)n1. The van der Waals surface area contributed by atoms with Gasteiger partial charge in [0.15, 0.2) is 5.82 Å². The summed E-state index contributed by atoms with van der Waals surface area (Å²) >= 11 is 7.82. The molecule has 2 aromatic heterocycles. The molecule has 0 aromatic carbocycles. The fourth-order valence-corrected chi connectivity index (χ4v) is 2.73. The van der Waals surface area contributed by atoms with Crippen molar-refractivity contribution >= 4 is 28.8 Å². The van der Waals surface area contributed by atoms with Crippen LogP contribution in [0.2, 0.25) is 5.15 Å². The van der Waals surface area contributed by atoms with Gasteiger partial charge >= 0.3 is 0 Å². The van der Waals surface area contributed by atoms with Crippen LogP contribution in [0.15, 0.2) is 23.6 Å². The van der Waals surface area contributed by atoms with Gasteiger partial charge in [-0.1, -0.05) is 17.7 Å². The van der Waals surface area contributed by atoms with E-state index < -0.39 is 0 Å². The van der Waals surface area contributed by atoms with Gasteiger partial charge in [0.05, 0.1) is 6.54 Å². The second-order valence-corrected chi connectivity index (χ2v) is 5.62. The summed E-state index contributed by atoms with van der Waals surface area (Å²) in [7, 11) is 0. The highest BCUT2D eigenvalue weighted by Crippen LogP contribution is 2.20. The quantitative estimate of drug-likeness (QED) is 0.730. The van der Waals surface area contributed by atoms with E-state index in [9.17, 15) is 0 Å². The highest BCUT2D eigenvalue weighted by atomic mass is 35.5. The summed E-state index contributed by atoms with van der Waals surface area (Å²) in [4.78, 5) is 12.2. The van der Waals surface area contributed by atoms with E-state index >= 15 is 0 Å². The minimum Gasteiger partial charge on any atom is -0.374 e. The number of anilines is 1. The van der Waals surface area contributed by atoms with Crippen LogP contribution >= 0.6 is 22.9 Å². The maximum absolute atomic E-state index is 6.08. The van der Waals surface area contributed by atoms with Gasteiger partial charge in [0.2, 0.25) is 0 Å². The summed E-state index contributed by atoms with van der Waals surface area (Å²) in [6, 6.07) is 5.98. The average molecular weight is 312 g/mol. The van der Waals surface area contributed by atoms with Crippen molar-refractivity contribution in [1.29, 1.82) is 0 Å². The summed E-state index contributed by atoms with van der Waals surface area (Å²) in [5.41, 5.74) is 0. The Morgan fingerprint density at radius 3 is 2.85 bits per heavy atom. The third-order valence-corrected chi connectivity index (χ3v) is 3.85. The molecule has 2 aromatic rings. The fourth-order valence-electron chi connectivity index (χ4n) is 1.82. The fraction of sp³-hybridized carbons (Fsp3) is 0.429. The maximum atomic E-state index is 6.08. The lowest BCUT2D eigenvalue weighted by Gasteiger charge is -2.21. The number of halogens is 1. The van der Waals surface area contributed by atoms with Gasteiger partial charge in [-0.2, -0.15) is 0 Å².